The summed E-state index contributed by atoms with van der Waals surface area (Å²) >= 11 is 2.74. The molecule has 0 saturated carbocycles. The van der Waals surface area contributed by atoms with Gasteiger partial charge in [0.1, 0.15) is 11.6 Å². The van der Waals surface area contributed by atoms with Crippen molar-refractivity contribution in [1.29, 1.82) is 0 Å². The minimum atomic E-state index is -0.350. The van der Waals surface area contributed by atoms with Crippen molar-refractivity contribution in [2.24, 2.45) is 0 Å². The second-order valence-electron chi connectivity index (χ2n) is 6.87. The van der Waals surface area contributed by atoms with E-state index < -0.39 is 0 Å². The zero-order valence-corrected chi connectivity index (χ0v) is 19.2. The number of halogens is 1. The highest BCUT2D eigenvalue weighted by molar-refractivity contribution is 7.99. The average Bonchev–Trinajstić information content (AvgIpc) is 3.23. The lowest BCUT2D eigenvalue weighted by Crippen LogP contribution is -2.14. The molecule has 168 valence electrons. The van der Waals surface area contributed by atoms with Gasteiger partial charge in [0.15, 0.2) is 5.13 Å². The van der Waals surface area contributed by atoms with E-state index in [4.69, 9.17) is 4.74 Å². The fourth-order valence-corrected chi connectivity index (χ4v) is 4.14. The Kier molecular flexibility index (Phi) is 9.06. The first-order valence-electron chi connectivity index (χ1n) is 10.2. The second-order valence-corrected chi connectivity index (χ2v) is 8.72. The van der Waals surface area contributed by atoms with Crippen LogP contribution in [0.4, 0.5) is 15.2 Å². The molecule has 0 saturated heterocycles. The van der Waals surface area contributed by atoms with Gasteiger partial charge < -0.3 is 10.1 Å². The number of thioether (sulfide) groups is 1. The summed E-state index contributed by atoms with van der Waals surface area (Å²) in [4.78, 5) is 28.8. The highest BCUT2D eigenvalue weighted by atomic mass is 32.2. The van der Waals surface area contributed by atoms with Gasteiger partial charge >= 0.3 is 0 Å². The number of aromatic nitrogens is 1. The molecule has 32 heavy (non-hydrogen) atoms. The van der Waals surface area contributed by atoms with Crippen LogP contribution in [0.1, 0.15) is 35.8 Å². The number of nitrogens with one attached hydrogen (secondary N) is 2. The summed E-state index contributed by atoms with van der Waals surface area (Å²) in [6, 6.07) is 12.6. The molecule has 3 rings (SSSR count). The van der Waals surface area contributed by atoms with Gasteiger partial charge in [-0.2, -0.15) is 0 Å². The first-order chi connectivity index (χ1) is 15.5. The molecule has 0 fully saturated rings. The number of ether oxygens (including phenoxy) is 1. The number of carbonyl (C=O) groups excluding carboxylic acids is 2. The van der Waals surface area contributed by atoms with Gasteiger partial charge in [-0.3, -0.25) is 14.9 Å². The number of nitrogens with zero attached hydrogens (tertiary/aromatic N) is 1. The molecule has 0 aliphatic rings. The van der Waals surface area contributed by atoms with Crippen LogP contribution in [-0.2, 0) is 10.5 Å². The molecule has 0 aliphatic carbocycles. The molecular weight excluding hydrogens is 449 g/mol. The lowest BCUT2D eigenvalue weighted by Gasteiger charge is -2.06. The molecule has 0 unspecified atom stereocenters. The summed E-state index contributed by atoms with van der Waals surface area (Å²) in [5.41, 5.74) is 1.86. The Morgan fingerprint density at radius 2 is 1.84 bits per heavy atom. The number of hydrogen-bond donors (Lipinski definition) is 2. The topological polar surface area (TPSA) is 80.3 Å². The average molecular weight is 474 g/mol. The fourth-order valence-electron chi connectivity index (χ4n) is 2.62. The van der Waals surface area contributed by atoms with Gasteiger partial charge in [-0.25, -0.2) is 9.37 Å². The second kappa shape index (κ2) is 12.2. The Bertz CT molecular complexity index is 1020. The van der Waals surface area contributed by atoms with Crippen molar-refractivity contribution in [1.82, 2.24) is 4.98 Å². The van der Waals surface area contributed by atoms with Crippen LogP contribution in [-0.4, -0.2) is 29.2 Å². The van der Waals surface area contributed by atoms with E-state index in [-0.39, 0.29) is 23.4 Å². The first kappa shape index (κ1) is 23.7. The molecule has 6 nitrogen and oxygen atoms in total. The van der Waals surface area contributed by atoms with Crippen LogP contribution >= 0.6 is 23.1 Å². The van der Waals surface area contributed by atoms with Gasteiger partial charge in [0.25, 0.3) is 5.91 Å². The fraction of sp³-hybridized carbons (Fsp3) is 0.261. The largest absolute Gasteiger partial charge is 0.494 e. The van der Waals surface area contributed by atoms with Crippen molar-refractivity contribution in [3.05, 3.63) is 71.0 Å². The molecule has 2 aromatic carbocycles. The van der Waals surface area contributed by atoms with Crippen LogP contribution in [0.15, 0.2) is 53.9 Å². The number of anilines is 2. The van der Waals surface area contributed by atoms with Crippen LogP contribution in [0.25, 0.3) is 0 Å². The molecule has 2 amide bonds. The highest BCUT2D eigenvalue weighted by Crippen LogP contribution is 2.21. The van der Waals surface area contributed by atoms with Crippen molar-refractivity contribution in [2.45, 2.75) is 25.5 Å². The molecule has 1 aromatic heterocycles. The molecule has 0 aliphatic heterocycles. The van der Waals surface area contributed by atoms with E-state index in [0.717, 1.165) is 24.3 Å². The van der Waals surface area contributed by atoms with Crippen molar-refractivity contribution in [2.75, 3.05) is 23.0 Å². The molecular formula is C23H24FN3O3S2. The van der Waals surface area contributed by atoms with E-state index in [1.807, 2.05) is 5.38 Å². The predicted molar refractivity (Wildman–Crippen MR) is 128 cm³/mol. The maximum absolute atomic E-state index is 12.9. The van der Waals surface area contributed by atoms with Crippen LogP contribution in [0, 0.1) is 5.82 Å². The first-order valence-corrected chi connectivity index (χ1v) is 12.2. The zero-order valence-electron chi connectivity index (χ0n) is 17.6. The molecule has 3 aromatic rings. The minimum absolute atomic E-state index is 0.174. The number of hydrogen-bond acceptors (Lipinski definition) is 6. The van der Waals surface area contributed by atoms with E-state index in [1.54, 1.807) is 24.3 Å². The lowest BCUT2D eigenvalue weighted by atomic mass is 10.2. The maximum atomic E-state index is 12.9. The van der Waals surface area contributed by atoms with Gasteiger partial charge in [0.05, 0.1) is 18.1 Å². The van der Waals surface area contributed by atoms with E-state index in [2.05, 4.69) is 22.5 Å². The Morgan fingerprint density at radius 3 is 2.56 bits per heavy atom. The Hall–Kier alpha value is -2.91. The predicted octanol–water partition coefficient (Wildman–Crippen LogP) is 5.59. The molecule has 0 radical (unpaired) electrons. The van der Waals surface area contributed by atoms with Crippen LogP contribution in [0.2, 0.25) is 0 Å². The monoisotopic (exact) mass is 473 g/mol. The maximum Gasteiger partial charge on any atom is 0.257 e. The third-order valence-corrected chi connectivity index (χ3v) is 6.04. The van der Waals surface area contributed by atoms with Gasteiger partial charge in [-0.05, 0) is 55.0 Å². The molecule has 1 heterocycles. The Morgan fingerprint density at radius 1 is 1.09 bits per heavy atom. The van der Waals surface area contributed by atoms with Crippen LogP contribution < -0.4 is 15.4 Å². The summed E-state index contributed by atoms with van der Waals surface area (Å²) in [7, 11) is 0. The summed E-state index contributed by atoms with van der Waals surface area (Å²) in [5.74, 6) is 0.755. The van der Waals surface area contributed by atoms with Crippen molar-refractivity contribution in [3.63, 3.8) is 0 Å². The number of rotatable bonds is 11. The summed E-state index contributed by atoms with van der Waals surface area (Å²) in [5, 5.41) is 7.86. The van der Waals surface area contributed by atoms with Crippen LogP contribution in [0.3, 0.4) is 0 Å². The summed E-state index contributed by atoms with van der Waals surface area (Å²) in [6.07, 6.45) is 2.06. The number of unbranched alkanes of at least 4 members (excludes halogenated alkanes) is 1. The van der Waals surface area contributed by atoms with E-state index in [0.29, 0.717) is 28.7 Å². The third-order valence-electron chi connectivity index (χ3n) is 4.27. The van der Waals surface area contributed by atoms with Gasteiger partial charge in [-0.1, -0.05) is 13.3 Å². The molecule has 0 atom stereocenters. The van der Waals surface area contributed by atoms with Crippen molar-refractivity contribution >= 4 is 45.7 Å². The molecule has 9 heteroatoms. The molecule has 2 N–H and O–H groups in total. The lowest BCUT2D eigenvalue weighted by molar-refractivity contribution is -0.113. The van der Waals surface area contributed by atoms with Crippen molar-refractivity contribution < 1.29 is 18.7 Å². The number of thiazole rings is 1. The van der Waals surface area contributed by atoms with Gasteiger partial charge in [-0.15, -0.1) is 23.1 Å². The summed E-state index contributed by atoms with van der Waals surface area (Å²) in [6.45, 7) is 2.77. The summed E-state index contributed by atoms with van der Waals surface area (Å²) < 4.78 is 18.5. The SMILES string of the molecule is CCCCOc1ccc(C(=O)Nc2nc(CSCC(=O)Nc3ccc(F)cc3)cs2)cc1. The Balaban J connectivity index is 1.41. The standard InChI is InChI=1S/C23H24FN3O3S2/c1-2-3-12-30-20-10-4-16(5-11-20)22(29)27-23-26-19(14-32-23)13-31-15-21(28)25-18-8-6-17(24)7-9-18/h4-11,14H,2-3,12-13,15H2,1H3,(H,25,28)(H,26,27,29). The highest BCUT2D eigenvalue weighted by Gasteiger charge is 2.10. The van der Waals surface area contributed by atoms with Gasteiger partial charge in [0, 0.05) is 22.4 Å². The van der Waals surface area contributed by atoms with Crippen molar-refractivity contribution in [3.8, 4) is 5.75 Å². The quantitative estimate of drug-likeness (QED) is 0.355. The van der Waals surface area contributed by atoms with E-state index >= 15 is 0 Å². The van der Waals surface area contributed by atoms with E-state index in [1.165, 1.54) is 47.4 Å². The number of amides is 2. The smallest absolute Gasteiger partial charge is 0.257 e. The number of benzene rings is 2. The van der Waals surface area contributed by atoms with E-state index in [9.17, 15) is 14.0 Å². The molecule has 0 spiro atoms. The Labute approximate surface area is 194 Å². The van der Waals surface area contributed by atoms with Gasteiger partial charge in [0.2, 0.25) is 5.91 Å². The van der Waals surface area contributed by atoms with Crippen LogP contribution in [0.5, 0.6) is 5.75 Å². The minimum Gasteiger partial charge on any atom is -0.494 e. The molecule has 0 bridgehead atoms. The third kappa shape index (κ3) is 7.65. The zero-order chi connectivity index (χ0) is 22.8. The number of carbonyl (C=O) groups is 2. The normalized spacial score (nSPS) is 10.6.